The standard InChI is InChI=1S/C15H17N5O3S/c1-9-7-11(19(3)18-9)16-12(21)8-20-13(22)15(2,17-14(20)23)10-5-4-6-24-10/h4-7H,8H2,1-3H3,(H,16,21)(H,17,23). The van der Waals surface area contributed by atoms with Gasteiger partial charge in [0.05, 0.1) is 5.69 Å². The van der Waals surface area contributed by atoms with Gasteiger partial charge in [-0.2, -0.15) is 5.10 Å². The molecule has 126 valence electrons. The maximum atomic E-state index is 12.6. The van der Waals surface area contributed by atoms with E-state index in [1.807, 2.05) is 11.4 Å². The van der Waals surface area contributed by atoms with Crippen LogP contribution < -0.4 is 10.6 Å². The number of hydrogen-bond donors (Lipinski definition) is 2. The second-order valence-corrected chi connectivity index (χ2v) is 6.71. The fraction of sp³-hybridized carbons (Fsp3) is 0.333. The van der Waals surface area contributed by atoms with E-state index in [9.17, 15) is 14.4 Å². The summed E-state index contributed by atoms with van der Waals surface area (Å²) in [5.41, 5.74) is -0.373. The number of amides is 4. The summed E-state index contributed by atoms with van der Waals surface area (Å²) in [7, 11) is 1.70. The van der Waals surface area contributed by atoms with Crippen molar-refractivity contribution in [2.24, 2.45) is 7.05 Å². The van der Waals surface area contributed by atoms with Crippen molar-refractivity contribution in [2.75, 3.05) is 11.9 Å². The summed E-state index contributed by atoms with van der Waals surface area (Å²) in [4.78, 5) is 38.7. The number of carbonyl (C=O) groups excluding carboxylic acids is 3. The molecule has 8 nitrogen and oxygen atoms in total. The monoisotopic (exact) mass is 347 g/mol. The first-order valence-electron chi connectivity index (χ1n) is 7.30. The normalized spacial score (nSPS) is 20.4. The van der Waals surface area contributed by atoms with Gasteiger partial charge in [-0.25, -0.2) is 4.79 Å². The smallest absolute Gasteiger partial charge is 0.319 e. The number of carbonyl (C=O) groups is 3. The molecule has 1 atom stereocenters. The number of urea groups is 1. The fourth-order valence-electron chi connectivity index (χ4n) is 2.62. The van der Waals surface area contributed by atoms with Crippen LogP contribution >= 0.6 is 11.3 Å². The molecule has 0 bridgehead atoms. The lowest BCUT2D eigenvalue weighted by Crippen LogP contribution is -2.41. The molecule has 1 saturated heterocycles. The van der Waals surface area contributed by atoms with Crippen molar-refractivity contribution in [1.29, 1.82) is 0 Å². The van der Waals surface area contributed by atoms with Crippen LogP contribution in [-0.2, 0) is 22.2 Å². The Kier molecular flexibility index (Phi) is 3.88. The second-order valence-electron chi connectivity index (χ2n) is 5.77. The van der Waals surface area contributed by atoms with Crippen LogP contribution in [0.3, 0.4) is 0 Å². The third-order valence-corrected chi connectivity index (χ3v) is 4.95. The third kappa shape index (κ3) is 2.67. The Bertz CT molecular complexity index is 813. The molecule has 1 aliphatic heterocycles. The van der Waals surface area contributed by atoms with E-state index in [0.29, 0.717) is 5.82 Å². The van der Waals surface area contributed by atoms with Crippen molar-refractivity contribution < 1.29 is 14.4 Å². The highest BCUT2D eigenvalue weighted by molar-refractivity contribution is 7.10. The summed E-state index contributed by atoms with van der Waals surface area (Å²) in [5, 5.41) is 11.3. The van der Waals surface area contributed by atoms with Crippen LogP contribution in [0.15, 0.2) is 23.6 Å². The van der Waals surface area contributed by atoms with Crippen LogP contribution in [0, 0.1) is 6.92 Å². The first-order valence-corrected chi connectivity index (χ1v) is 8.18. The highest BCUT2D eigenvalue weighted by atomic mass is 32.1. The fourth-order valence-corrected chi connectivity index (χ4v) is 3.46. The lowest BCUT2D eigenvalue weighted by atomic mass is 10.0. The number of anilines is 1. The summed E-state index contributed by atoms with van der Waals surface area (Å²) in [6.07, 6.45) is 0. The zero-order chi connectivity index (χ0) is 17.5. The zero-order valence-corrected chi connectivity index (χ0v) is 14.3. The molecule has 0 radical (unpaired) electrons. The third-order valence-electron chi connectivity index (χ3n) is 3.86. The van der Waals surface area contributed by atoms with Crippen molar-refractivity contribution in [3.05, 3.63) is 34.2 Å². The van der Waals surface area contributed by atoms with Gasteiger partial charge in [-0.3, -0.25) is 19.2 Å². The Morgan fingerprint density at radius 2 is 2.21 bits per heavy atom. The SMILES string of the molecule is Cc1cc(NC(=O)CN2C(=O)NC(C)(c3cccs3)C2=O)n(C)n1. The van der Waals surface area contributed by atoms with Crippen LogP contribution in [0.25, 0.3) is 0 Å². The Morgan fingerprint density at radius 3 is 2.79 bits per heavy atom. The minimum atomic E-state index is -1.13. The molecule has 0 spiro atoms. The Hall–Kier alpha value is -2.68. The van der Waals surface area contributed by atoms with Crippen LogP contribution in [0.4, 0.5) is 10.6 Å². The van der Waals surface area contributed by atoms with Gasteiger partial charge in [-0.1, -0.05) is 6.07 Å². The topological polar surface area (TPSA) is 96.3 Å². The van der Waals surface area contributed by atoms with Gasteiger partial charge in [0.15, 0.2) is 5.54 Å². The molecule has 2 N–H and O–H groups in total. The van der Waals surface area contributed by atoms with Gasteiger partial charge >= 0.3 is 6.03 Å². The lowest BCUT2D eigenvalue weighted by Gasteiger charge is -2.19. The van der Waals surface area contributed by atoms with Gasteiger partial charge in [0.2, 0.25) is 5.91 Å². The molecule has 2 aromatic rings. The van der Waals surface area contributed by atoms with Gasteiger partial charge in [0.1, 0.15) is 12.4 Å². The maximum Gasteiger partial charge on any atom is 0.325 e. The molecule has 3 heterocycles. The van der Waals surface area contributed by atoms with Crippen LogP contribution in [0.1, 0.15) is 17.5 Å². The van der Waals surface area contributed by atoms with E-state index in [1.165, 1.54) is 16.0 Å². The minimum absolute atomic E-state index is 0.351. The molecule has 0 aromatic carbocycles. The maximum absolute atomic E-state index is 12.6. The molecule has 4 amide bonds. The van der Waals surface area contributed by atoms with Crippen LogP contribution in [0.5, 0.6) is 0 Å². The number of hydrogen-bond acceptors (Lipinski definition) is 5. The average molecular weight is 347 g/mol. The predicted molar refractivity (Wildman–Crippen MR) is 88.5 cm³/mol. The van der Waals surface area contributed by atoms with Crippen LogP contribution in [0.2, 0.25) is 0 Å². The van der Waals surface area contributed by atoms with E-state index in [4.69, 9.17) is 0 Å². The molecular formula is C15H17N5O3S. The van der Waals surface area contributed by atoms with Gasteiger partial charge in [0, 0.05) is 18.0 Å². The Balaban J connectivity index is 1.73. The molecular weight excluding hydrogens is 330 g/mol. The van der Waals surface area contributed by atoms with Crippen molar-refractivity contribution in [2.45, 2.75) is 19.4 Å². The average Bonchev–Trinajstić information content (AvgIpc) is 3.18. The molecule has 9 heteroatoms. The number of thiophene rings is 1. The quantitative estimate of drug-likeness (QED) is 0.812. The largest absolute Gasteiger partial charge is 0.325 e. The Morgan fingerprint density at radius 1 is 1.46 bits per heavy atom. The first-order chi connectivity index (χ1) is 11.3. The molecule has 24 heavy (non-hydrogen) atoms. The number of imide groups is 1. The van der Waals surface area contributed by atoms with E-state index < -0.39 is 23.4 Å². The summed E-state index contributed by atoms with van der Waals surface area (Å²) < 4.78 is 1.52. The lowest BCUT2D eigenvalue weighted by molar-refractivity contribution is -0.133. The molecule has 3 rings (SSSR count). The summed E-state index contributed by atoms with van der Waals surface area (Å²) >= 11 is 1.38. The molecule has 0 aliphatic carbocycles. The number of nitrogens with one attached hydrogen (secondary N) is 2. The van der Waals surface area contributed by atoms with E-state index >= 15 is 0 Å². The molecule has 1 fully saturated rings. The van der Waals surface area contributed by atoms with Crippen LogP contribution in [-0.4, -0.2) is 39.1 Å². The highest BCUT2D eigenvalue weighted by Crippen LogP contribution is 2.31. The number of aromatic nitrogens is 2. The highest BCUT2D eigenvalue weighted by Gasteiger charge is 2.50. The second kappa shape index (κ2) is 5.75. The zero-order valence-electron chi connectivity index (χ0n) is 13.5. The van der Waals surface area contributed by atoms with Crippen molar-refractivity contribution in [1.82, 2.24) is 20.0 Å². The van der Waals surface area contributed by atoms with Gasteiger partial charge in [-0.05, 0) is 25.3 Å². The number of nitrogens with zero attached hydrogens (tertiary/aromatic N) is 3. The van der Waals surface area contributed by atoms with E-state index in [0.717, 1.165) is 15.5 Å². The van der Waals surface area contributed by atoms with E-state index in [1.54, 1.807) is 33.0 Å². The van der Waals surface area contributed by atoms with Crippen molar-refractivity contribution >= 4 is 35.0 Å². The molecule has 0 saturated carbocycles. The van der Waals surface area contributed by atoms with Gasteiger partial charge in [0.25, 0.3) is 5.91 Å². The van der Waals surface area contributed by atoms with Crippen molar-refractivity contribution in [3.8, 4) is 0 Å². The summed E-state index contributed by atoms with van der Waals surface area (Å²) in [6.45, 7) is 3.09. The predicted octanol–water partition coefficient (Wildman–Crippen LogP) is 1.20. The van der Waals surface area contributed by atoms with Crippen molar-refractivity contribution in [3.63, 3.8) is 0 Å². The molecule has 1 unspecified atom stereocenters. The summed E-state index contributed by atoms with van der Waals surface area (Å²) in [5.74, 6) is -0.395. The summed E-state index contributed by atoms with van der Waals surface area (Å²) in [6, 6.07) is 4.72. The first kappa shape index (κ1) is 16.2. The molecule has 1 aliphatic rings. The van der Waals surface area contributed by atoms with Gasteiger partial charge in [-0.15, -0.1) is 11.3 Å². The van der Waals surface area contributed by atoms with E-state index in [2.05, 4.69) is 15.7 Å². The number of aryl methyl sites for hydroxylation is 2. The molecule has 2 aromatic heterocycles. The number of rotatable bonds is 4. The Labute approximate surface area is 142 Å². The van der Waals surface area contributed by atoms with E-state index in [-0.39, 0.29) is 6.54 Å². The van der Waals surface area contributed by atoms with Gasteiger partial charge < -0.3 is 10.6 Å². The minimum Gasteiger partial charge on any atom is -0.319 e.